The van der Waals surface area contributed by atoms with E-state index in [1.807, 2.05) is 6.07 Å². The molecule has 3 aromatic carbocycles. The van der Waals surface area contributed by atoms with Crippen LogP contribution in [-0.2, 0) is 21.2 Å². The number of ether oxygens (including phenoxy) is 1. The molecule has 0 spiro atoms. The molecule has 1 aromatic heterocycles. The summed E-state index contributed by atoms with van der Waals surface area (Å²) in [5.41, 5.74) is 5.81. The zero-order valence-corrected chi connectivity index (χ0v) is 22.1. The molecule has 0 saturated carbocycles. The molecule has 0 radical (unpaired) electrons. The van der Waals surface area contributed by atoms with E-state index in [4.69, 9.17) is 9.73 Å². The Labute approximate surface area is 221 Å². The number of hydrogen-bond acceptors (Lipinski definition) is 5. The highest BCUT2D eigenvalue weighted by Crippen LogP contribution is 2.36. The Hall–Kier alpha value is -3.04. The first-order valence-electron chi connectivity index (χ1n) is 12.7. The summed E-state index contributed by atoms with van der Waals surface area (Å²) in [5, 5.41) is 2.18. The van der Waals surface area contributed by atoms with Crippen molar-refractivity contribution in [1.82, 2.24) is 8.87 Å². The summed E-state index contributed by atoms with van der Waals surface area (Å²) < 4.78 is 35.2. The van der Waals surface area contributed by atoms with Crippen molar-refractivity contribution in [3.63, 3.8) is 0 Å². The van der Waals surface area contributed by atoms with Crippen LogP contribution in [0.25, 0.3) is 11.3 Å². The molecule has 37 heavy (non-hydrogen) atoms. The molecule has 0 bridgehead atoms. The maximum Gasteiger partial charge on any atom is 0.243 e. The third-order valence-corrected chi connectivity index (χ3v) is 9.88. The van der Waals surface area contributed by atoms with E-state index in [0.717, 1.165) is 41.0 Å². The minimum absolute atomic E-state index is 0.200. The molecule has 1 unspecified atom stereocenters. The number of thiazole rings is 1. The van der Waals surface area contributed by atoms with Crippen molar-refractivity contribution in [2.75, 3.05) is 26.3 Å². The van der Waals surface area contributed by atoms with Gasteiger partial charge in [0.05, 0.1) is 35.5 Å². The van der Waals surface area contributed by atoms with Crippen LogP contribution in [0.5, 0.6) is 0 Å². The number of aromatic nitrogens is 1. The van der Waals surface area contributed by atoms with Crippen molar-refractivity contribution in [3.05, 3.63) is 100 Å². The summed E-state index contributed by atoms with van der Waals surface area (Å²) in [5.74, 6) is 0. The Balaban J connectivity index is 1.42. The first-order chi connectivity index (χ1) is 18.1. The number of nitrogens with zero attached hydrogens (tertiary/aromatic N) is 3. The van der Waals surface area contributed by atoms with Crippen molar-refractivity contribution in [1.29, 1.82) is 0 Å². The molecule has 1 aliphatic heterocycles. The maximum absolute atomic E-state index is 13.0. The van der Waals surface area contributed by atoms with Gasteiger partial charge in [-0.1, -0.05) is 54.6 Å². The maximum atomic E-state index is 13.0. The standard InChI is InChI=1S/C29H29N3O3S2/c33-37(34,31-17-19-35-20-18-31)25-15-13-24(14-16-25)30-29-32(28(21-36-29)23-8-2-1-3-9-23)27-12-6-10-22-7-4-5-11-26(22)27/h1-5,7-9,11,13-16,21,27H,6,10,12,17-20H2. The highest BCUT2D eigenvalue weighted by molar-refractivity contribution is 7.89. The van der Waals surface area contributed by atoms with Crippen LogP contribution in [0.4, 0.5) is 5.69 Å². The van der Waals surface area contributed by atoms with Crippen LogP contribution >= 0.6 is 11.3 Å². The third-order valence-electron chi connectivity index (χ3n) is 7.13. The minimum atomic E-state index is -3.53. The van der Waals surface area contributed by atoms with E-state index < -0.39 is 10.0 Å². The molecule has 190 valence electrons. The van der Waals surface area contributed by atoms with Gasteiger partial charge in [-0.25, -0.2) is 13.4 Å². The Morgan fingerprint density at radius 1 is 0.892 bits per heavy atom. The van der Waals surface area contributed by atoms with Crippen molar-refractivity contribution < 1.29 is 13.2 Å². The van der Waals surface area contributed by atoms with Gasteiger partial charge in [0.15, 0.2) is 4.80 Å². The fourth-order valence-electron chi connectivity index (χ4n) is 5.26. The van der Waals surface area contributed by atoms with Gasteiger partial charge in [0.1, 0.15) is 0 Å². The number of fused-ring (bicyclic) bond motifs is 1. The lowest BCUT2D eigenvalue weighted by atomic mass is 9.87. The van der Waals surface area contributed by atoms with Gasteiger partial charge in [0.25, 0.3) is 0 Å². The van der Waals surface area contributed by atoms with Crippen molar-refractivity contribution >= 4 is 27.0 Å². The molecular weight excluding hydrogens is 502 g/mol. The molecule has 6 nitrogen and oxygen atoms in total. The van der Waals surface area contributed by atoms with Gasteiger partial charge in [-0.15, -0.1) is 11.3 Å². The van der Waals surface area contributed by atoms with Gasteiger partial charge in [0, 0.05) is 18.5 Å². The lowest BCUT2D eigenvalue weighted by Gasteiger charge is -2.28. The van der Waals surface area contributed by atoms with E-state index in [-0.39, 0.29) is 6.04 Å². The number of morpholine rings is 1. The van der Waals surface area contributed by atoms with E-state index in [1.165, 1.54) is 15.4 Å². The van der Waals surface area contributed by atoms with E-state index in [9.17, 15) is 8.42 Å². The van der Waals surface area contributed by atoms with Crippen LogP contribution in [0.1, 0.15) is 30.0 Å². The van der Waals surface area contributed by atoms with Crippen LogP contribution in [0.15, 0.2) is 94.1 Å². The molecule has 2 aliphatic rings. The number of sulfonamides is 1. The molecule has 0 N–H and O–H groups in total. The summed E-state index contributed by atoms with van der Waals surface area (Å²) in [4.78, 5) is 6.22. The molecule has 1 saturated heterocycles. The van der Waals surface area contributed by atoms with Gasteiger partial charge in [-0.3, -0.25) is 0 Å². The smallest absolute Gasteiger partial charge is 0.243 e. The van der Waals surface area contributed by atoms with Gasteiger partial charge in [-0.05, 0) is 60.2 Å². The Morgan fingerprint density at radius 3 is 2.41 bits per heavy atom. The first kappa shape index (κ1) is 24.3. The topological polar surface area (TPSA) is 63.9 Å². The Kier molecular flexibility index (Phi) is 6.82. The number of rotatable bonds is 5. The quantitative estimate of drug-likeness (QED) is 0.347. The second kappa shape index (κ2) is 10.4. The molecule has 2 heterocycles. The molecule has 1 aliphatic carbocycles. The molecule has 8 heteroatoms. The molecule has 0 amide bonds. The highest BCUT2D eigenvalue weighted by Gasteiger charge is 2.27. The molecule has 6 rings (SSSR count). The summed E-state index contributed by atoms with van der Waals surface area (Å²) in [6.45, 7) is 1.63. The van der Waals surface area contributed by atoms with Crippen LogP contribution in [0, 0.1) is 0 Å². The summed E-state index contributed by atoms with van der Waals surface area (Å²) in [6.07, 6.45) is 3.29. The Bertz CT molecular complexity index is 1550. The average molecular weight is 532 g/mol. The first-order valence-corrected chi connectivity index (χ1v) is 15.0. The van der Waals surface area contributed by atoms with Crippen LogP contribution < -0.4 is 4.80 Å². The summed E-state index contributed by atoms with van der Waals surface area (Å²) in [6, 6.07) is 26.3. The molecule has 1 atom stereocenters. The van der Waals surface area contributed by atoms with Crippen LogP contribution in [0.2, 0.25) is 0 Å². The minimum Gasteiger partial charge on any atom is -0.379 e. The van der Waals surface area contributed by atoms with E-state index >= 15 is 0 Å². The largest absolute Gasteiger partial charge is 0.379 e. The number of aryl methyl sites for hydroxylation is 1. The van der Waals surface area contributed by atoms with Gasteiger partial charge in [-0.2, -0.15) is 4.31 Å². The normalized spacial score (nSPS) is 19.0. The van der Waals surface area contributed by atoms with Gasteiger partial charge >= 0.3 is 0 Å². The molecular formula is C29H29N3O3S2. The lowest BCUT2D eigenvalue weighted by Crippen LogP contribution is -2.40. The monoisotopic (exact) mass is 531 g/mol. The van der Waals surface area contributed by atoms with Gasteiger partial charge < -0.3 is 9.30 Å². The Morgan fingerprint density at radius 2 is 1.62 bits per heavy atom. The van der Waals surface area contributed by atoms with Crippen molar-refractivity contribution in [3.8, 4) is 11.3 Å². The third kappa shape index (κ3) is 4.82. The lowest BCUT2D eigenvalue weighted by molar-refractivity contribution is 0.0730. The SMILES string of the molecule is O=S(=O)(c1ccc(N=c2scc(-c3ccccc3)n2C2CCCc3ccccc32)cc1)N1CCOCC1. The number of hydrogen-bond donors (Lipinski definition) is 0. The number of benzene rings is 3. The summed E-state index contributed by atoms with van der Waals surface area (Å²) in [7, 11) is -3.53. The van der Waals surface area contributed by atoms with Crippen molar-refractivity contribution in [2.24, 2.45) is 4.99 Å². The van der Waals surface area contributed by atoms with Crippen LogP contribution in [-0.4, -0.2) is 43.6 Å². The van der Waals surface area contributed by atoms with E-state index in [2.05, 4.69) is 58.5 Å². The second-order valence-electron chi connectivity index (χ2n) is 9.37. The average Bonchev–Trinajstić information content (AvgIpc) is 3.37. The zero-order valence-electron chi connectivity index (χ0n) is 20.5. The fraction of sp³-hybridized carbons (Fsp3) is 0.276. The second-order valence-corrected chi connectivity index (χ2v) is 12.1. The molecule has 4 aromatic rings. The fourth-order valence-corrected chi connectivity index (χ4v) is 7.63. The summed E-state index contributed by atoms with van der Waals surface area (Å²) >= 11 is 1.62. The van der Waals surface area contributed by atoms with Crippen molar-refractivity contribution in [2.45, 2.75) is 30.2 Å². The van der Waals surface area contributed by atoms with E-state index in [1.54, 1.807) is 35.6 Å². The zero-order chi connectivity index (χ0) is 25.2. The predicted octanol–water partition coefficient (Wildman–Crippen LogP) is 5.40. The van der Waals surface area contributed by atoms with Crippen LogP contribution in [0.3, 0.4) is 0 Å². The predicted molar refractivity (Wildman–Crippen MR) is 147 cm³/mol. The molecule has 1 fully saturated rings. The van der Waals surface area contributed by atoms with Gasteiger partial charge in [0.2, 0.25) is 10.0 Å². The van der Waals surface area contributed by atoms with E-state index in [0.29, 0.717) is 31.2 Å². The highest BCUT2D eigenvalue weighted by atomic mass is 32.2.